The van der Waals surface area contributed by atoms with Crippen molar-refractivity contribution in [2.75, 3.05) is 0 Å². The first-order valence-electron chi connectivity index (χ1n) is 24.3. The number of carbonyl (C=O) groups excluding carboxylic acids is 2. The molecule has 1 aromatic carbocycles. The highest BCUT2D eigenvalue weighted by Gasteiger charge is 2.66. The van der Waals surface area contributed by atoms with Gasteiger partial charge in [0.15, 0.2) is 0 Å². The number of aliphatic hydroxyl groups is 2. The maximum atomic E-state index is 13.1. The van der Waals surface area contributed by atoms with E-state index in [1.165, 1.54) is 0 Å². The van der Waals surface area contributed by atoms with Gasteiger partial charge in [0.2, 0.25) is 0 Å². The molecule has 0 saturated heterocycles. The summed E-state index contributed by atoms with van der Waals surface area (Å²) in [5.74, 6) is 17.9. The molecule has 0 spiro atoms. The number of rotatable bonds is 0. The molecule has 16 aliphatic rings. The van der Waals surface area contributed by atoms with E-state index in [2.05, 4.69) is 51.4 Å². The van der Waals surface area contributed by atoms with E-state index in [4.69, 9.17) is 9.47 Å². The molecule has 0 amide bonds. The minimum absolute atomic E-state index is 0.0453. The Morgan fingerprint density at radius 2 is 0.950 bits per heavy atom. The quantitative estimate of drug-likeness (QED) is 0.154. The van der Waals surface area contributed by atoms with Gasteiger partial charge in [-0.3, -0.25) is 9.59 Å². The zero-order valence-electron chi connectivity index (χ0n) is 36.9. The molecule has 8 saturated carbocycles. The van der Waals surface area contributed by atoms with Crippen LogP contribution in [0.25, 0.3) is 0 Å². The van der Waals surface area contributed by atoms with Crippen molar-refractivity contribution < 1.29 is 29.3 Å². The Balaban J connectivity index is 0.947. The molecule has 322 valence electrons. The van der Waals surface area contributed by atoms with E-state index in [1.807, 2.05) is 24.3 Å². The molecule has 8 fully saturated rings. The van der Waals surface area contributed by atoms with Crippen molar-refractivity contribution in [3.05, 3.63) is 47.5 Å². The van der Waals surface area contributed by atoms with E-state index >= 15 is 0 Å². The Kier molecular flexibility index (Phi) is 10.1. The molecule has 0 unspecified atom stereocenters. The predicted molar refractivity (Wildman–Crippen MR) is 232 cm³/mol. The molecule has 2 N–H and O–H groups in total. The molecule has 17 rings (SSSR count). The average Bonchev–Trinajstić information content (AvgIpc) is 3.66. The Morgan fingerprint density at radius 1 is 0.533 bits per heavy atom. The number of hydrogen-bond donors (Lipinski definition) is 2. The summed E-state index contributed by atoms with van der Waals surface area (Å²) in [5, 5.41) is 25.2. The van der Waals surface area contributed by atoms with Crippen molar-refractivity contribution in [1.82, 2.24) is 0 Å². The number of carbonyl (C=O) groups is 2. The summed E-state index contributed by atoms with van der Waals surface area (Å²) in [4.78, 5) is 26.1. The maximum Gasteiger partial charge on any atom is 0.309 e. The van der Waals surface area contributed by atoms with Crippen molar-refractivity contribution >= 4 is 11.9 Å². The van der Waals surface area contributed by atoms with Gasteiger partial charge in [-0.05, 0) is 186 Å². The summed E-state index contributed by atoms with van der Waals surface area (Å²) in [6.45, 7) is 9.70. The summed E-state index contributed by atoms with van der Waals surface area (Å²) in [6, 6.07) is 8.10. The summed E-state index contributed by atoms with van der Waals surface area (Å²) in [7, 11) is 0. The fourth-order valence-electron chi connectivity index (χ4n) is 17.0. The summed E-state index contributed by atoms with van der Waals surface area (Å²) in [6.07, 6.45) is 21.9. The molecule has 0 radical (unpaired) electrons. The molecule has 0 aromatic heterocycles. The second kappa shape index (κ2) is 14.8. The monoisotopic (exact) mass is 815 g/mol. The van der Waals surface area contributed by atoms with Gasteiger partial charge in [-0.15, -0.1) is 0 Å². The second-order valence-corrected chi connectivity index (χ2v) is 22.7. The van der Waals surface area contributed by atoms with Gasteiger partial charge in [0.25, 0.3) is 0 Å². The third-order valence-corrected chi connectivity index (χ3v) is 20.6. The highest BCUT2D eigenvalue weighted by Crippen LogP contribution is 2.70. The molecule has 1 aromatic rings. The van der Waals surface area contributed by atoms with Crippen LogP contribution in [0, 0.1) is 92.7 Å². The first-order chi connectivity index (χ1) is 28.7. The molecular weight excluding hydrogens is 745 g/mol. The molecule has 8 heterocycles. The lowest BCUT2D eigenvalue weighted by molar-refractivity contribution is -0.166. The van der Waals surface area contributed by atoms with E-state index < -0.39 is 11.2 Å². The van der Waals surface area contributed by atoms with E-state index in [0.29, 0.717) is 60.2 Å². The minimum atomic E-state index is -1.06. The third kappa shape index (κ3) is 6.33. The fourth-order valence-corrected chi connectivity index (χ4v) is 17.0. The Bertz CT molecular complexity index is 1910. The van der Waals surface area contributed by atoms with Gasteiger partial charge in [-0.25, -0.2) is 0 Å². The summed E-state index contributed by atoms with van der Waals surface area (Å²) >= 11 is 0. The molecule has 8 aliphatic heterocycles. The number of benzene rings is 1. The van der Waals surface area contributed by atoms with E-state index in [1.54, 1.807) is 12.2 Å². The zero-order chi connectivity index (χ0) is 41.7. The van der Waals surface area contributed by atoms with E-state index in [0.717, 1.165) is 114 Å². The van der Waals surface area contributed by atoms with Crippen LogP contribution in [0.2, 0.25) is 0 Å². The van der Waals surface area contributed by atoms with Gasteiger partial charge in [-0.2, -0.15) is 0 Å². The van der Waals surface area contributed by atoms with Gasteiger partial charge in [0.05, 0.1) is 12.8 Å². The lowest BCUT2D eigenvalue weighted by Crippen LogP contribution is -2.56. The van der Waals surface area contributed by atoms with Crippen molar-refractivity contribution in [3.8, 4) is 23.7 Å². The van der Waals surface area contributed by atoms with Crippen LogP contribution in [-0.4, -0.2) is 45.6 Å². The first-order valence-corrected chi connectivity index (χ1v) is 24.3. The van der Waals surface area contributed by atoms with Crippen LogP contribution in [0.1, 0.15) is 167 Å². The maximum absolute atomic E-state index is 13.1. The van der Waals surface area contributed by atoms with E-state index in [9.17, 15) is 19.8 Å². The van der Waals surface area contributed by atoms with Crippen LogP contribution >= 0.6 is 0 Å². The van der Waals surface area contributed by atoms with Crippen LogP contribution in [0.3, 0.4) is 0 Å². The van der Waals surface area contributed by atoms with Crippen molar-refractivity contribution in [1.29, 1.82) is 0 Å². The highest BCUT2D eigenvalue weighted by atomic mass is 16.5. The van der Waals surface area contributed by atoms with Crippen LogP contribution < -0.4 is 0 Å². The van der Waals surface area contributed by atoms with Gasteiger partial charge >= 0.3 is 11.9 Å². The molecular formula is C54H70O6. The number of esters is 2. The average molecular weight is 815 g/mol. The Morgan fingerprint density at radius 3 is 1.38 bits per heavy atom. The molecule has 16 bridgehead atoms. The lowest BCUT2D eigenvalue weighted by atomic mass is 9.44. The SMILES string of the molecule is C[C@]12CC[C@@H]3C[C@@H]1CC[C@@H]1[C@@H]2CC[C@@]2(C)[C@H]1CC[C@@]2(O)C#Cc1ccccc1C#C[C@]1(O)CC[C@H]2[C@@H]4CC[C@H]5C[C@@H](CC[C@]5(C)[C@H]4CC[C@@]21C)OC(=O)C/C=C\CC(=O)O3. The van der Waals surface area contributed by atoms with Crippen molar-refractivity contribution in [2.24, 2.45) is 69.0 Å². The third-order valence-electron chi connectivity index (χ3n) is 20.6. The van der Waals surface area contributed by atoms with E-state index in [-0.39, 0.29) is 58.6 Å². The van der Waals surface area contributed by atoms with Gasteiger partial charge in [-0.1, -0.05) is 75.7 Å². The second-order valence-electron chi connectivity index (χ2n) is 22.7. The fraction of sp³-hybridized carbons (Fsp3) is 0.741. The van der Waals surface area contributed by atoms with Crippen LogP contribution in [0.4, 0.5) is 0 Å². The van der Waals surface area contributed by atoms with Crippen molar-refractivity contribution in [3.63, 3.8) is 0 Å². The summed E-state index contributed by atoms with van der Waals surface area (Å²) < 4.78 is 12.2. The Hall–Kier alpha value is -3.06. The van der Waals surface area contributed by atoms with Gasteiger partial charge in [0.1, 0.15) is 23.4 Å². The summed E-state index contributed by atoms with van der Waals surface area (Å²) in [5.41, 5.74) is -0.540. The molecule has 60 heavy (non-hydrogen) atoms. The van der Waals surface area contributed by atoms with Crippen molar-refractivity contribution in [2.45, 2.75) is 180 Å². The highest BCUT2D eigenvalue weighted by molar-refractivity contribution is 5.73. The minimum Gasteiger partial charge on any atom is -0.462 e. The normalized spacial score (nSPS) is 50.0. The molecule has 6 heteroatoms. The van der Waals surface area contributed by atoms with Crippen LogP contribution in [0.15, 0.2) is 36.4 Å². The number of ether oxygens (including phenoxy) is 2. The Labute approximate surface area is 359 Å². The van der Waals surface area contributed by atoms with Gasteiger partial charge in [0, 0.05) is 22.0 Å². The molecule has 16 atom stereocenters. The molecule has 6 nitrogen and oxygen atoms in total. The molecule has 8 aliphatic carbocycles. The lowest BCUT2D eigenvalue weighted by Gasteiger charge is -2.61. The first kappa shape index (κ1) is 41.0. The number of hydrogen-bond acceptors (Lipinski definition) is 6. The predicted octanol–water partition coefficient (Wildman–Crippen LogP) is 10.1. The standard InChI is InChI=1S/C54H70O6/c1-49-25-19-39-33-37(49)13-15-41-43(49)21-27-51(3)45(41)23-31-53(51,57)29-17-35-9-5-6-10-36(35)18-30-54(58)32-24-46-42-16-14-38-34-40(60-48(56)12-8-7-11-47(55)59-39)20-26-50(38,2)44(42)22-28-52(46,54)4/h5-10,37-46,57-58H,11-16,19-28,31-34H2,1-4H3/b8-7-/t37-,38-,39+,40+,41+,42+,43-,44-,45-,46-,49-,50-,51-,52-,53-,54-/m0/s1. The van der Waals surface area contributed by atoms with Crippen LogP contribution in [0.5, 0.6) is 0 Å². The largest absolute Gasteiger partial charge is 0.462 e. The van der Waals surface area contributed by atoms with Crippen LogP contribution in [-0.2, 0) is 19.1 Å². The topological polar surface area (TPSA) is 93.1 Å². The zero-order valence-corrected chi connectivity index (χ0v) is 36.9. The van der Waals surface area contributed by atoms with Gasteiger partial charge < -0.3 is 19.7 Å². The smallest absolute Gasteiger partial charge is 0.309 e.